The Morgan fingerprint density at radius 2 is 1.53 bits per heavy atom. The average Bonchev–Trinajstić information content (AvgIpc) is 3.11. The minimum atomic E-state index is -0.305. The molecular weight excluding hydrogens is 456 g/mol. The van der Waals surface area contributed by atoms with E-state index in [-0.39, 0.29) is 30.7 Å². The summed E-state index contributed by atoms with van der Waals surface area (Å²) >= 11 is 0. The van der Waals surface area contributed by atoms with E-state index >= 15 is 0 Å². The van der Waals surface area contributed by atoms with Gasteiger partial charge in [-0.25, -0.2) is 4.98 Å². The van der Waals surface area contributed by atoms with Gasteiger partial charge in [0.05, 0.1) is 11.1 Å². The van der Waals surface area contributed by atoms with Gasteiger partial charge in [0.15, 0.2) is 0 Å². The number of imide groups is 1. The highest BCUT2D eigenvalue weighted by atomic mass is 16.2. The van der Waals surface area contributed by atoms with E-state index < -0.39 is 0 Å². The summed E-state index contributed by atoms with van der Waals surface area (Å²) in [5, 5.41) is 6.07. The standard InChI is InChI=1S/C27H30N6O3/c1-4-32(5-2)23-17-18(3)28-27(31-23)30-20-14-12-19(13-15-20)29-24(34)11-8-16-33-25(35)21-9-6-7-10-22(21)26(33)36/h6-7,9-10,12-15,17H,4-5,8,11,16H2,1-3H3,(H,29,34)(H,28,30,31). The lowest BCUT2D eigenvalue weighted by Gasteiger charge is -2.20. The lowest BCUT2D eigenvalue weighted by atomic mass is 10.1. The van der Waals surface area contributed by atoms with Gasteiger partial charge in [0.2, 0.25) is 11.9 Å². The van der Waals surface area contributed by atoms with Crippen LogP contribution < -0.4 is 15.5 Å². The van der Waals surface area contributed by atoms with Crippen LogP contribution in [-0.4, -0.2) is 52.2 Å². The van der Waals surface area contributed by atoms with Crippen molar-refractivity contribution in [3.63, 3.8) is 0 Å². The molecule has 0 atom stereocenters. The zero-order valence-corrected chi connectivity index (χ0v) is 20.7. The quantitative estimate of drug-likeness (QED) is 0.409. The predicted molar refractivity (Wildman–Crippen MR) is 140 cm³/mol. The minimum Gasteiger partial charge on any atom is -0.357 e. The van der Waals surface area contributed by atoms with Crippen LogP contribution in [0.3, 0.4) is 0 Å². The predicted octanol–water partition coefficient (Wildman–Crippen LogP) is 4.39. The number of fused-ring (bicyclic) bond motifs is 1. The molecule has 1 aliphatic rings. The number of hydrogen-bond donors (Lipinski definition) is 2. The van der Waals surface area contributed by atoms with Crippen molar-refractivity contribution in [3.8, 4) is 0 Å². The van der Waals surface area contributed by atoms with Crippen LogP contribution in [0.2, 0.25) is 0 Å². The molecule has 9 nitrogen and oxygen atoms in total. The smallest absolute Gasteiger partial charge is 0.261 e. The number of benzene rings is 2. The van der Waals surface area contributed by atoms with Gasteiger partial charge in [-0.1, -0.05) is 12.1 Å². The molecule has 3 aromatic rings. The zero-order chi connectivity index (χ0) is 25.7. The molecule has 186 valence electrons. The molecule has 0 radical (unpaired) electrons. The van der Waals surface area contributed by atoms with Crippen LogP contribution in [-0.2, 0) is 4.79 Å². The van der Waals surface area contributed by atoms with Gasteiger partial charge in [0.25, 0.3) is 11.8 Å². The maximum absolute atomic E-state index is 12.4. The Morgan fingerprint density at radius 1 is 0.917 bits per heavy atom. The van der Waals surface area contributed by atoms with E-state index in [1.54, 1.807) is 36.4 Å². The number of anilines is 4. The number of carbonyl (C=O) groups excluding carboxylic acids is 3. The summed E-state index contributed by atoms with van der Waals surface area (Å²) in [4.78, 5) is 49.7. The number of aromatic nitrogens is 2. The average molecular weight is 487 g/mol. The SMILES string of the molecule is CCN(CC)c1cc(C)nc(Nc2ccc(NC(=O)CCCN3C(=O)c4ccccc4C3=O)cc2)n1. The molecule has 0 spiro atoms. The van der Waals surface area contributed by atoms with E-state index in [2.05, 4.69) is 39.3 Å². The van der Waals surface area contributed by atoms with Crippen molar-refractivity contribution in [1.82, 2.24) is 14.9 Å². The van der Waals surface area contributed by atoms with Crippen molar-refractivity contribution in [2.75, 3.05) is 35.2 Å². The van der Waals surface area contributed by atoms with Gasteiger partial charge in [-0.2, -0.15) is 4.98 Å². The summed E-state index contributed by atoms with van der Waals surface area (Å²) in [5.74, 6) is 0.599. The Balaban J connectivity index is 1.28. The fourth-order valence-electron chi connectivity index (χ4n) is 4.15. The highest BCUT2D eigenvalue weighted by Crippen LogP contribution is 2.23. The molecule has 3 amide bonds. The summed E-state index contributed by atoms with van der Waals surface area (Å²) in [6, 6.07) is 16.0. The molecule has 4 rings (SSSR count). The van der Waals surface area contributed by atoms with Gasteiger partial charge in [0.1, 0.15) is 5.82 Å². The van der Waals surface area contributed by atoms with E-state index in [0.29, 0.717) is 29.2 Å². The van der Waals surface area contributed by atoms with E-state index in [4.69, 9.17) is 0 Å². The lowest BCUT2D eigenvalue weighted by Crippen LogP contribution is -2.31. The van der Waals surface area contributed by atoms with Gasteiger partial charge in [-0.05, 0) is 63.6 Å². The van der Waals surface area contributed by atoms with Crippen LogP contribution in [0.4, 0.5) is 23.1 Å². The Hall–Kier alpha value is -4.27. The van der Waals surface area contributed by atoms with Crippen LogP contribution in [0.15, 0.2) is 54.6 Å². The first-order valence-corrected chi connectivity index (χ1v) is 12.1. The third kappa shape index (κ3) is 5.51. The highest BCUT2D eigenvalue weighted by molar-refractivity contribution is 6.21. The Morgan fingerprint density at radius 3 is 2.14 bits per heavy atom. The Bertz CT molecular complexity index is 1240. The molecule has 2 aromatic carbocycles. The normalized spacial score (nSPS) is 12.5. The highest BCUT2D eigenvalue weighted by Gasteiger charge is 2.34. The Labute approximate surface area is 210 Å². The van der Waals surface area contributed by atoms with E-state index in [9.17, 15) is 14.4 Å². The monoisotopic (exact) mass is 486 g/mol. The van der Waals surface area contributed by atoms with Crippen LogP contribution >= 0.6 is 0 Å². The molecule has 0 fully saturated rings. The molecule has 0 bridgehead atoms. The lowest BCUT2D eigenvalue weighted by molar-refractivity contribution is -0.116. The molecular formula is C27H30N6O3. The van der Waals surface area contributed by atoms with Gasteiger partial charge < -0.3 is 15.5 Å². The van der Waals surface area contributed by atoms with Crippen LogP contribution in [0.25, 0.3) is 0 Å². The molecule has 36 heavy (non-hydrogen) atoms. The second kappa shape index (κ2) is 11.0. The first-order valence-electron chi connectivity index (χ1n) is 12.1. The van der Waals surface area contributed by atoms with Gasteiger partial charge in [-0.3, -0.25) is 19.3 Å². The maximum Gasteiger partial charge on any atom is 0.261 e. The van der Waals surface area contributed by atoms with Crippen molar-refractivity contribution in [2.45, 2.75) is 33.6 Å². The van der Waals surface area contributed by atoms with E-state index in [1.165, 1.54) is 4.90 Å². The molecule has 0 saturated heterocycles. The van der Waals surface area contributed by atoms with Gasteiger partial charge in [0, 0.05) is 49.2 Å². The van der Waals surface area contributed by atoms with Crippen LogP contribution in [0, 0.1) is 6.92 Å². The number of carbonyl (C=O) groups is 3. The number of amides is 3. The molecule has 0 saturated carbocycles. The van der Waals surface area contributed by atoms with Crippen LogP contribution in [0.5, 0.6) is 0 Å². The van der Waals surface area contributed by atoms with Crippen molar-refractivity contribution in [2.24, 2.45) is 0 Å². The summed E-state index contributed by atoms with van der Waals surface area (Å²) in [6.45, 7) is 8.04. The number of nitrogens with one attached hydrogen (secondary N) is 2. The molecule has 2 N–H and O–H groups in total. The maximum atomic E-state index is 12.4. The third-order valence-electron chi connectivity index (χ3n) is 6.02. The first kappa shape index (κ1) is 24.8. The van der Waals surface area contributed by atoms with E-state index in [1.807, 2.05) is 25.1 Å². The number of hydrogen-bond acceptors (Lipinski definition) is 7. The third-order valence-corrected chi connectivity index (χ3v) is 6.02. The molecule has 0 aliphatic carbocycles. The summed E-state index contributed by atoms with van der Waals surface area (Å²) in [6.07, 6.45) is 0.579. The molecule has 1 aromatic heterocycles. The largest absolute Gasteiger partial charge is 0.357 e. The summed E-state index contributed by atoms with van der Waals surface area (Å²) in [7, 11) is 0. The topological polar surface area (TPSA) is 108 Å². The number of rotatable bonds is 10. The minimum absolute atomic E-state index is 0.182. The van der Waals surface area contributed by atoms with Crippen molar-refractivity contribution in [1.29, 1.82) is 0 Å². The first-order chi connectivity index (χ1) is 17.4. The Kier molecular flexibility index (Phi) is 7.58. The second-order valence-electron chi connectivity index (χ2n) is 8.53. The van der Waals surface area contributed by atoms with E-state index in [0.717, 1.165) is 30.3 Å². The second-order valence-corrected chi connectivity index (χ2v) is 8.53. The molecule has 0 unspecified atom stereocenters. The van der Waals surface area contributed by atoms with Gasteiger partial charge in [-0.15, -0.1) is 0 Å². The summed E-state index contributed by atoms with van der Waals surface area (Å²) < 4.78 is 0. The summed E-state index contributed by atoms with van der Waals surface area (Å²) in [5.41, 5.74) is 3.16. The number of aryl methyl sites for hydroxylation is 1. The van der Waals surface area contributed by atoms with Crippen molar-refractivity contribution in [3.05, 3.63) is 71.4 Å². The van der Waals surface area contributed by atoms with Crippen LogP contribution in [0.1, 0.15) is 53.1 Å². The molecule has 9 heteroatoms. The van der Waals surface area contributed by atoms with Crippen molar-refractivity contribution < 1.29 is 14.4 Å². The van der Waals surface area contributed by atoms with Gasteiger partial charge >= 0.3 is 0 Å². The van der Waals surface area contributed by atoms with Crippen molar-refractivity contribution >= 4 is 40.9 Å². The number of nitrogens with zero attached hydrogens (tertiary/aromatic N) is 4. The fourth-order valence-corrected chi connectivity index (χ4v) is 4.15. The molecule has 2 heterocycles. The zero-order valence-electron chi connectivity index (χ0n) is 20.7. The molecule has 1 aliphatic heterocycles. The fraction of sp³-hybridized carbons (Fsp3) is 0.296.